The maximum absolute atomic E-state index is 12.2. The number of esters is 1. The summed E-state index contributed by atoms with van der Waals surface area (Å²) >= 11 is 0. The Kier molecular flexibility index (Phi) is 6.86. The molecule has 152 valence electrons. The maximum Gasteiger partial charge on any atom is 0.338 e. The summed E-state index contributed by atoms with van der Waals surface area (Å²) in [6, 6.07) is 6.58. The summed E-state index contributed by atoms with van der Waals surface area (Å²) in [5.41, 5.74) is 5.66. The van der Waals surface area contributed by atoms with Crippen LogP contribution in [0.5, 0.6) is 5.75 Å². The Hall–Kier alpha value is -2.61. The molecule has 8 heteroatoms. The van der Waals surface area contributed by atoms with E-state index < -0.39 is 11.9 Å². The third-order valence-corrected chi connectivity index (χ3v) is 5.05. The second kappa shape index (κ2) is 9.54. The number of ether oxygens (including phenoxy) is 3. The number of carbonyl (C=O) groups is 3. The highest BCUT2D eigenvalue weighted by atomic mass is 16.5. The summed E-state index contributed by atoms with van der Waals surface area (Å²) in [6.45, 7) is 1.72. The van der Waals surface area contributed by atoms with Crippen LogP contribution in [0.25, 0.3) is 0 Å². The summed E-state index contributed by atoms with van der Waals surface area (Å²) in [7, 11) is 0. The fourth-order valence-electron chi connectivity index (χ4n) is 3.39. The van der Waals surface area contributed by atoms with E-state index in [1.165, 1.54) is 4.90 Å². The van der Waals surface area contributed by atoms with Crippen LogP contribution in [0.2, 0.25) is 0 Å². The minimum atomic E-state index is -0.581. The zero-order valence-electron chi connectivity index (χ0n) is 15.8. The van der Waals surface area contributed by atoms with Crippen LogP contribution in [0, 0.1) is 5.92 Å². The maximum atomic E-state index is 12.2. The van der Waals surface area contributed by atoms with E-state index >= 15 is 0 Å². The standard InChI is InChI=1S/C20H26N2O6/c21-19(24)15-3-1-9-22(11-15)18(23)13-28-20(25)14-5-7-16(8-6-14)27-12-17-4-2-10-26-17/h5-8,15,17H,1-4,9-13H2,(H2,21,24)/t15-,17+/m0/s1. The molecule has 0 saturated carbocycles. The van der Waals surface area contributed by atoms with E-state index in [4.69, 9.17) is 19.9 Å². The lowest BCUT2D eigenvalue weighted by Gasteiger charge is -2.31. The molecule has 0 aromatic heterocycles. The van der Waals surface area contributed by atoms with Gasteiger partial charge in [-0.15, -0.1) is 0 Å². The van der Waals surface area contributed by atoms with Gasteiger partial charge in [-0.05, 0) is 49.9 Å². The van der Waals surface area contributed by atoms with Crippen molar-refractivity contribution in [3.63, 3.8) is 0 Å². The van der Waals surface area contributed by atoms with Gasteiger partial charge < -0.3 is 24.8 Å². The average Bonchev–Trinajstić information content (AvgIpc) is 3.24. The lowest BCUT2D eigenvalue weighted by atomic mass is 9.97. The van der Waals surface area contributed by atoms with E-state index in [1.54, 1.807) is 24.3 Å². The summed E-state index contributed by atoms with van der Waals surface area (Å²) in [5.74, 6) is -1.00. The third kappa shape index (κ3) is 5.45. The van der Waals surface area contributed by atoms with Crippen LogP contribution in [0.15, 0.2) is 24.3 Å². The van der Waals surface area contributed by atoms with Crippen LogP contribution in [0.1, 0.15) is 36.0 Å². The zero-order valence-corrected chi connectivity index (χ0v) is 15.8. The molecule has 2 aliphatic heterocycles. The van der Waals surface area contributed by atoms with E-state index in [1.807, 2.05) is 0 Å². The first-order chi connectivity index (χ1) is 13.5. The number of primary amides is 1. The Balaban J connectivity index is 1.43. The van der Waals surface area contributed by atoms with Crippen LogP contribution in [0.3, 0.4) is 0 Å². The van der Waals surface area contributed by atoms with Gasteiger partial charge in [0, 0.05) is 19.7 Å². The van der Waals surface area contributed by atoms with E-state index in [-0.39, 0.29) is 31.1 Å². The molecule has 0 unspecified atom stereocenters. The van der Waals surface area contributed by atoms with Crippen molar-refractivity contribution in [2.24, 2.45) is 11.7 Å². The van der Waals surface area contributed by atoms with Gasteiger partial charge in [0.25, 0.3) is 5.91 Å². The molecule has 2 aliphatic rings. The Morgan fingerprint density at radius 2 is 1.93 bits per heavy atom. The van der Waals surface area contributed by atoms with E-state index in [9.17, 15) is 14.4 Å². The molecule has 2 heterocycles. The Morgan fingerprint density at radius 1 is 1.14 bits per heavy atom. The van der Waals surface area contributed by atoms with Crippen molar-refractivity contribution < 1.29 is 28.6 Å². The minimum Gasteiger partial charge on any atom is -0.491 e. The van der Waals surface area contributed by atoms with Crippen molar-refractivity contribution in [1.82, 2.24) is 4.90 Å². The molecule has 3 rings (SSSR count). The number of nitrogens with zero attached hydrogens (tertiary/aromatic N) is 1. The summed E-state index contributed by atoms with van der Waals surface area (Å²) in [4.78, 5) is 37.2. The minimum absolute atomic E-state index is 0.125. The van der Waals surface area contributed by atoms with Gasteiger partial charge >= 0.3 is 5.97 Å². The SMILES string of the molecule is NC(=O)[C@H]1CCCN(C(=O)COC(=O)c2ccc(OC[C@H]3CCCO3)cc2)C1. The number of nitrogens with two attached hydrogens (primary N) is 1. The van der Waals surface area contributed by atoms with Crippen molar-refractivity contribution >= 4 is 17.8 Å². The van der Waals surface area contributed by atoms with E-state index in [0.717, 1.165) is 19.4 Å². The number of hydrogen-bond donors (Lipinski definition) is 1. The van der Waals surface area contributed by atoms with Crippen LogP contribution in [0.4, 0.5) is 0 Å². The number of benzene rings is 1. The lowest BCUT2D eigenvalue weighted by molar-refractivity contribution is -0.137. The van der Waals surface area contributed by atoms with Gasteiger partial charge in [-0.3, -0.25) is 9.59 Å². The topological polar surface area (TPSA) is 108 Å². The number of rotatable bonds is 7. The first kappa shape index (κ1) is 20.1. The first-order valence-electron chi connectivity index (χ1n) is 9.61. The fraction of sp³-hybridized carbons (Fsp3) is 0.550. The molecule has 2 N–H and O–H groups in total. The van der Waals surface area contributed by atoms with Crippen LogP contribution in [-0.4, -0.2) is 61.7 Å². The van der Waals surface area contributed by atoms with Crippen LogP contribution < -0.4 is 10.5 Å². The van der Waals surface area contributed by atoms with Crippen molar-refractivity contribution in [2.45, 2.75) is 31.8 Å². The number of amides is 2. The third-order valence-electron chi connectivity index (χ3n) is 5.05. The predicted octanol–water partition coefficient (Wildman–Crippen LogP) is 1.13. The zero-order chi connectivity index (χ0) is 19.9. The van der Waals surface area contributed by atoms with Gasteiger partial charge in [0.05, 0.1) is 17.6 Å². The Labute approximate surface area is 163 Å². The largest absolute Gasteiger partial charge is 0.491 e. The molecular weight excluding hydrogens is 364 g/mol. The predicted molar refractivity (Wildman–Crippen MR) is 99.7 cm³/mol. The first-order valence-corrected chi connectivity index (χ1v) is 9.61. The Morgan fingerprint density at radius 3 is 2.61 bits per heavy atom. The molecule has 28 heavy (non-hydrogen) atoms. The molecule has 0 bridgehead atoms. The molecule has 8 nitrogen and oxygen atoms in total. The number of carbonyl (C=O) groups excluding carboxylic acids is 3. The summed E-state index contributed by atoms with van der Waals surface area (Å²) in [5, 5.41) is 0. The molecule has 0 spiro atoms. The number of hydrogen-bond acceptors (Lipinski definition) is 6. The molecule has 1 aromatic carbocycles. The highest BCUT2D eigenvalue weighted by Gasteiger charge is 2.27. The monoisotopic (exact) mass is 390 g/mol. The molecule has 0 radical (unpaired) electrons. The van der Waals surface area contributed by atoms with Crippen molar-refractivity contribution in [1.29, 1.82) is 0 Å². The molecular formula is C20H26N2O6. The number of piperidine rings is 1. The quantitative estimate of drug-likeness (QED) is 0.699. The average molecular weight is 390 g/mol. The molecule has 1 aromatic rings. The van der Waals surface area contributed by atoms with Gasteiger partial charge in [-0.2, -0.15) is 0 Å². The second-order valence-electron chi connectivity index (χ2n) is 7.13. The highest BCUT2D eigenvalue weighted by Crippen LogP contribution is 2.18. The van der Waals surface area contributed by atoms with Gasteiger partial charge in [-0.1, -0.05) is 0 Å². The van der Waals surface area contributed by atoms with Crippen LogP contribution in [-0.2, 0) is 19.1 Å². The summed E-state index contributed by atoms with van der Waals surface area (Å²) in [6.07, 6.45) is 3.56. The molecule has 2 atom stereocenters. The highest BCUT2D eigenvalue weighted by molar-refractivity contribution is 5.91. The van der Waals surface area contributed by atoms with Gasteiger partial charge in [0.15, 0.2) is 6.61 Å². The van der Waals surface area contributed by atoms with Crippen LogP contribution >= 0.6 is 0 Å². The molecule has 2 amide bonds. The Bertz CT molecular complexity index is 699. The van der Waals surface area contributed by atoms with Crippen molar-refractivity contribution in [2.75, 3.05) is 32.9 Å². The normalized spacial score (nSPS) is 21.9. The molecule has 2 saturated heterocycles. The fourth-order valence-corrected chi connectivity index (χ4v) is 3.39. The van der Waals surface area contributed by atoms with E-state index in [2.05, 4.69) is 0 Å². The van der Waals surface area contributed by atoms with E-state index in [0.29, 0.717) is 37.3 Å². The molecule has 2 fully saturated rings. The smallest absolute Gasteiger partial charge is 0.338 e. The van der Waals surface area contributed by atoms with Crippen molar-refractivity contribution in [3.8, 4) is 5.75 Å². The number of likely N-dealkylation sites (tertiary alicyclic amines) is 1. The second-order valence-corrected chi connectivity index (χ2v) is 7.13. The molecule has 0 aliphatic carbocycles. The van der Waals surface area contributed by atoms with Gasteiger partial charge in [0.1, 0.15) is 12.4 Å². The lowest BCUT2D eigenvalue weighted by Crippen LogP contribution is -2.45. The van der Waals surface area contributed by atoms with Crippen molar-refractivity contribution in [3.05, 3.63) is 29.8 Å². The van der Waals surface area contributed by atoms with Gasteiger partial charge in [0.2, 0.25) is 5.91 Å². The summed E-state index contributed by atoms with van der Waals surface area (Å²) < 4.78 is 16.3. The van der Waals surface area contributed by atoms with Gasteiger partial charge in [-0.25, -0.2) is 4.79 Å².